The number of aldehydes is 1. The summed E-state index contributed by atoms with van der Waals surface area (Å²) in [6.45, 7) is 6.82. The first-order valence-corrected chi connectivity index (χ1v) is 12.0. The summed E-state index contributed by atoms with van der Waals surface area (Å²) in [6, 6.07) is 0. The quantitative estimate of drug-likeness (QED) is 0.0910. The third kappa shape index (κ3) is 16.8. The highest BCUT2D eigenvalue weighted by molar-refractivity contribution is 5.73. The van der Waals surface area contributed by atoms with Crippen LogP contribution < -0.4 is 11.5 Å². The molecule has 0 saturated carbocycles. The Balaban J connectivity index is 0. The van der Waals surface area contributed by atoms with Gasteiger partial charge in [0.15, 0.2) is 6.29 Å². The van der Waals surface area contributed by atoms with Crippen LogP contribution in [0.15, 0.2) is 58.1 Å². The van der Waals surface area contributed by atoms with Crippen molar-refractivity contribution in [3.63, 3.8) is 0 Å². The number of carbonyl (C=O) groups is 2. The van der Waals surface area contributed by atoms with Crippen LogP contribution in [0.25, 0.3) is 0 Å². The Labute approximate surface area is 219 Å². The maximum atomic E-state index is 10.8. The van der Waals surface area contributed by atoms with Crippen LogP contribution in [0.3, 0.4) is 0 Å². The molecule has 1 rings (SSSR count). The van der Waals surface area contributed by atoms with Crippen molar-refractivity contribution in [1.82, 2.24) is 0 Å². The number of allylic oxidation sites excluding steroid dienone is 7. The van der Waals surface area contributed by atoms with Crippen LogP contribution in [-0.4, -0.2) is 58.4 Å². The minimum atomic E-state index is -0.902. The predicted octanol–water partition coefficient (Wildman–Crippen LogP) is 3.69. The molecule has 0 fully saturated rings. The van der Waals surface area contributed by atoms with Crippen LogP contribution in [0, 0.1) is 10.1 Å². The van der Waals surface area contributed by atoms with Gasteiger partial charge in [-0.05, 0) is 67.1 Å². The lowest BCUT2D eigenvalue weighted by molar-refractivity contribution is -0.757. The molecule has 0 unspecified atom stereocenters. The van der Waals surface area contributed by atoms with Gasteiger partial charge >= 0.3 is 0 Å². The molecule has 0 aliphatic heterocycles. The molecule has 4 N–H and O–H groups in total. The fraction of sp³-hybridized carbons (Fsp3) is 0.538. The first kappa shape index (κ1) is 35.7. The van der Waals surface area contributed by atoms with Gasteiger partial charge in [0.05, 0.1) is 26.0 Å². The van der Waals surface area contributed by atoms with E-state index in [1.165, 1.54) is 5.57 Å². The monoisotopic (exact) mass is 525 g/mol. The van der Waals surface area contributed by atoms with Crippen molar-refractivity contribution in [2.75, 3.05) is 41.2 Å². The van der Waals surface area contributed by atoms with Crippen molar-refractivity contribution in [2.24, 2.45) is 11.5 Å². The Kier molecular flexibility index (Phi) is 22.2. The Bertz CT molecular complexity index is 842. The van der Waals surface area contributed by atoms with Crippen LogP contribution in [0.5, 0.6) is 0 Å². The molecule has 0 heterocycles. The summed E-state index contributed by atoms with van der Waals surface area (Å²) in [4.78, 5) is 34.3. The lowest BCUT2D eigenvalue weighted by atomic mass is 9.94. The largest absolute Gasteiger partial charge is 0.499 e. The number of ether oxygens (including phenoxy) is 3. The average Bonchev–Trinajstić information content (AvgIpc) is 3.05. The lowest BCUT2D eigenvalue weighted by Gasteiger charge is -2.15. The number of methoxy groups -OCH3 is 3. The van der Waals surface area contributed by atoms with Gasteiger partial charge < -0.3 is 30.5 Å². The highest BCUT2D eigenvalue weighted by Gasteiger charge is 2.18. The molecule has 210 valence electrons. The highest BCUT2D eigenvalue weighted by atomic mass is 16.9. The number of hydrogen-bond donors (Lipinski definition) is 2. The van der Waals surface area contributed by atoms with E-state index in [2.05, 4.69) is 10.9 Å². The summed E-state index contributed by atoms with van der Waals surface area (Å²) < 4.78 is 16.1. The molecule has 0 aromatic heterocycles. The molecule has 1 amide bonds. The molecule has 0 aromatic rings. The third-order valence-electron chi connectivity index (χ3n) is 4.81. The molecule has 0 aromatic carbocycles. The van der Waals surface area contributed by atoms with E-state index in [9.17, 15) is 19.7 Å². The summed E-state index contributed by atoms with van der Waals surface area (Å²) in [5.74, 6) is 0.282. The smallest absolute Gasteiger partial charge is 0.294 e. The van der Waals surface area contributed by atoms with Gasteiger partial charge in [-0.3, -0.25) is 9.59 Å². The van der Waals surface area contributed by atoms with E-state index in [-0.39, 0.29) is 25.1 Å². The average molecular weight is 526 g/mol. The maximum Gasteiger partial charge on any atom is 0.294 e. The van der Waals surface area contributed by atoms with Gasteiger partial charge in [-0.25, -0.2) is 0 Å². The highest BCUT2D eigenvalue weighted by Crippen LogP contribution is 2.34. The first-order valence-electron chi connectivity index (χ1n) is 12.0. The minimum absolute atomic E-state index is 0.0735. The fourth-order valence-corrected chi connectivity index (χ4v) is 3.20. The van der Waals surface area contributed by atoms with E-state index >= 15 is 0 Å². The van der Waals surface area contributed by atoms with Gasteiger partial charge in [0.1, 0.15) is 12.4 Å². The van der Waals surface area contributed by atoms with Gasteiger partial charge in [0.2, 0.25) is 5.91 Å². The van der Waals surface area contributed by atoms with Gasteiger partial charge in [0.25, 0.3) is 5.09 Å². The Morgan fingerprint density at radius 2 is 1.81 bits per heavy atom. The van der Waals surface area contributed by atoms with Gasteiger partial charge in [0, 0.05) is 20.6 Å². The number of rotatable bonds is 13. The second-order valence-corrected chi connectivity index (χ2v) is 7.34. The third-order valence-corrected chi connectivity index (χ3v) is 4.81. The zero-order valence-electron chi connectivity index (χ0n) is 22.9. The number of nitrogens with zero attached hydrogens (tertiary/aromatic N) is 1. The number of carbonyl (C=O) groups excluding carboxylic acids is 2. The molecule has 11 nitrogen and oxygen atoms in total. The minimum Gasteiger partial charge on any atom is -0.499 e. The zero-order chi connectivity index (χ0) is 28.6. The van der Waals surface area contributed by atoms with E-state index in [0.29, 0.717) is 19.5 Å². The molecule has 0 saturated heterocycles. The molecule has 0 atom stereocenters. The van der Waals surface area contributed by atoms with E-state index in [0.717, 1.165) is 41.7 Å². The van der Waals surface area contributed by atoms with Crippen molar-refractivity contribution in [1.29, 1.82) is 0 Å². The van der Waals surface area contributed by atoms with E-state index in [4.69, 9.17) is 25.7 Å². The van der Waals surface area contributed by atoms with Crippen molar-refractivity contribution >= 4 is 12.2 Å². The predicted molar refractivity (Wildman–Crippen MR) is 143 cm³/mol. The van der Waals surface area contributed by atoms with Gasteiger partial charge in [-0.1, -0.05) is 26.0 Å². The Hall–Kier alpha value is -3.44. The van der Waals surface area contributed by atoms with E-state index < -0.39 is 11.0 Å². The fourth-order valence-electron chi connectivity index (χ4n) is 3.20. The number of primary amides is 1. The van der Waals surface area contributed by atoms with Gasteiger partial charge in [-0.15, -0.1) is 10.1 Å². The van der Waals surface area contributed by atoms with Crippen LogP contribution >= 0.6 is 0 Å². The van der Waals surface area contributed by atoms with E-state index in [1.54, 1.807) is 27.4 Å². The molecule has 0 radical (unpaired) electrons. The number of hydrogen-bond acceptors (Lipinski definition) is 9. The van der Waals surface area contributed by atoms with Crippen LogP contribution in [0.1, 0.15) is 52.9 Å². The van der Waals surface area contributed by atoms with Crippen molar-refractivity contribution in [3.8, 4) is 0 Å². The SMILES string of the molecule is C/C=C1CCCC(/C=C(\COC)OC)=C(COC)C/1=C/C=C(/N)C=O.CC.NC(=O)CCCO[N+](=O)[O-]. The van der Waals surface area contributed by atoms with Crippen LogP contribution in [0.2, 0.25) is 0 Å². The number of nitrogens with two attached hydrogens (primary N) is 2. The topological polar surface area (TPSA) is 166 Å². The molecule has 1 aliphatic rings. The number of amides is 1. The van der Waals surface area contributed by atoms with Crippen molar-refractivity contribution in [2.45, 2.75) is 52.9 Å². The van der Waals surface area contributed by atoms with Crippen molar-refractivity contribution in [3.05, 3.63) is 68.2 Å². The molecular weight excluding hydrogens is 482 g/mol. The molecule has 0 spiro atoms. The molecular formula is C26H43N3O8. The lowest BCUT2D eigenvalue weighted by Crippen LogP contribution is -2.12. The van der Waals surface area contributed by atoms with Crippen molar-refractivity contribution < 1.29 is 33.7 Å². The van der Waals surface area contributed by atoms with Crippen LogP contribution in [-0.2, 0) is 28.6 Å². The zero-order valence-corrected chi connectivity index (χ0v) is 22.9. The molecule has 0 bridgehead atoms. The summed E-state index contributed by atoms with van der Waals surface area (Å²) in [6.07, 6.45) is 11.6. The maximum absolute atomic E-state index is 10.8. The second kappa shape index (κ2) is 23.0. The van der Waals surface area contributed by atoms with E-state index in [1.807, 2.05) is 32.9 Å². The van der Waals surface area contributed by atoms with Gasteiger partial charge in [-0.2, -0.15) is 0 Å². The van der Waals surface area contributed by atoms with Crippen LogP contribution in [0.4, 0.5) is 0 Å². The molecule has 1 aliphatic carbocycles. The Morgan fingerprint density at radius 3 is 2.30 bits per heavy atom. The summed E-state index contributed by atoms with van der Waals surface area (Å²) in [5.41, 5.74) is 15.1. The summed E-state index contributed by atoms with van der Waals surface area (Å²) in [7, 11) is 4.95. The summed E-state index contributed by atoms with van der Waals surface area (Å²) in [5, 5.41) is 8.61. The first-order chi connectivity index (χ1) is 17.7. The Morgan fingerprint density at radius 1 is 1.14 bits per heavy atom. The molecule has 37 heavy (non-hydrogen) atoms. The second-order valence-electron chi connectivity index (χ2n) is 7.34. The standard InChI is InChI=1S/C20H29NO4.C4H8N2O4.C2H6/c1-5-15-7-6-8-16(11-18(25-4)13-23-2)20(14-24-3)19(15)10-9-17(21)12-22;5-4(7)2-1-3-10-6(8)9;1-2/h5,9-12H,6-8,13-14,21H2,1-4H3;1-3H2,(H2,5,7);1-2H3/b15-5-,17-9+,18-11+,19-10+;;. The summed E-state index contributed by atoms with van der Waals surface area (Å²) >= 11 is 0. The molecule has 11 heteroatoms. The normalized spacial score (nSPS) is 16.2.